The van der Waals surface area contributed by atoms with Crippen LogP contribution in [-0.4, -0.2) is 33.4 Å². The van der Waals surface area contributed by atoms with Crippen molar-refractivity contribution in [2.75, 3.05) is 6.54 Å². The largest absolute Gasteiger partial charge is 0.393 e. The number of carbonyl (C=O) groups is 1. The number of nitrogens with one attached hydrogen (secondary N) is 1. The highest BCUT2D eigenvalue weighted by Gasteiger charge is 2.17. The standard InChI is InChI=1S/C18H25N3O2/c1-4-16-15(18(23)19-11-10-17(22)13(2)3)12-20-21(16)14-8-6-5-7-9-14/h5-9,12-13,17,22H,4,10-11H2,1-3H3,(H,19,23). The van der Waals surface area contributed by atoms with Crippen LogP contribution in [0.5, 0.6) is 0 Å². The van der Waals surface area contributed by atoms with E-state index in [2.05, 4.69) is 10.4 Å². The number of carbonyl (C=O) groups excluding carboxylic acids is 1. The summed E-state index contributed by atoms with van der Waals surface area (Å²) in [5, 5.41) is 17.0. The van der Waals surface area contributed by atoms with E-state index in [-0.39, 0.29) is 11.8 Å². The minimum atomic E-state index is -0.395. The van der Waals surface area contributed by atoms with E-state index < -0.39 is 6.10 Å². The molecule has 23 heavy (non-hydrogen) atoms. The Bertz CT molecular complexity index is 635. The van der Waals surface area contributed by atoms with E-state index in [1.54, 1.807) is 10.9 Å². The number of hydrogen-bond acceptors (Lipinski definition) is 3. The maximum atomic E-state index is 12.4. The quantitative estimate of drug-likeness (QED) is 0.825. The van der Waals surface area contributed by atoms with Crippen LogP contribution in [0.2, 0.25) is 0 Å². The fourth-order valence-corrected chi connectivity index (χ4v) is 2.46. The average Bonchev–Trinajstić information content (AvgIpc) is 2.99. The van der Waals surface area contributed by atoms with E-state index >= 15 is 0 Å². The Labute approximate surface area is 137 Å². The summed E-state index contributed by atoms with van der Waals surface area (Å²) in [6, 6.07) is 9.78. The number of aliphatic hydroxyl groups is 1. The normalized spacial score (nSPS) is 12.4. The topological polar surface area (TPSA) is 67.2 Å². The van der Waals surface area contributed by atoms with E-state index in [1.165, 1.54) is 0 Å². The lowest BCUT2D eigenvalue weighted by Gasteiger charge is -2.14. The summed E-state index contributed by atoms with van der Waals surface area (Å²) < 4.78 is 1.80. The van der Waals surface area contributed by atoms with Crippen molar-refractivity contribution in [3.05, 3.63) is 47.8 Å². The molecule has 0 aliphatic carbocycles. The van der Waals surface area contributed by atoms with Crippen molar-refractivity contribution in [2.24, 2.45) is 5.92 Å². The molecule has 0 saturated carbocycles. The highest BCUT2D eigenvalue weighted by molar-refractivity contribution is 5.95. The van der Waals surface area contributed by atoms with Gasteiger partial charge in [-0.1, -0.05) is 39.0 Å². The Morgan fingerprint density at radius 3 is 2.61 bits per heavy atom. The zero-order valence-corrected chi connectivity index (χ0v) is 14.0. The molecule has 0 spiro atoms. The van der Waals surface area contributed by atoms with E-state index in [0.717, 1.165) is 11.4 Å². The molecule has 0 bridgehead atoms. The summed E-state index contributed by atoms with van der Waals surface area (Å²) in [6.45, 7) is 6.39. The first kappa shape index (κ1) is 17.2. The zero-order valence-electron chi connectivity index (χ0n) is 14.0. The van der Waals surface area contributed by atoms with Crippen LogP contribution in [0, 0.1) is 5.92 Å². The van der Waals surface area contributed by atoms with Gasteiger partial charge in [0.2, 0.25) is 0 Å². The molecule has 0 aliphatic rings. The Hall–Kier alpha value is -2.14. The first-order valence-electron chi connectivity index (χ1n) is 8.13. The van der Waals surface area contributed by atoms with Crippen LogP contribution in [-0.2, 0) is 6.42 Å². The predicted molar refractivity (Wildman–Crippen MR) is 90.7 cm³/mol. The van der Waals surface area contributed by atoms with Crippen LogP contribution in [0.4, 0.5) is 0 Å². The minimum Gasteiger partial charge on any atom is -0.393 e. The van der Waals surface area contributed by atoms with Gasteiger partial charge in [-0.05, 0) is 30.9 Å². The number of para-hydroxylation sites is 1. The van der Waals surface area contributed by atoms with Gasteiger partial charge in [0.25, 0.3) is 5.91 Å². The van der Waals surface area contributed by atoms with Gasteiger partial charge in [0, 0.05) is 6.54 Å². The second kappa shape index (κ2) is 7.92. The number of benzene rings is 1. The monoisotopic (exact) mass is 315 g/mol. The van der Waals surface area contributed by atoms with E-state index in [9.17, 15) is 9.90 Å². The third-order valence-corrected chi connectivity index (χ3v) is 3.94. The Kier molecular flexibility index (Phi) is 5.93. The Morgan fingerprint density at radius 2 is 2.00 bits per heavy atom. The molecular formula is C18H25N3O2. The van der Waals surface area contributed by atoms with Gasteiger partial charge >= 0.3 is 0 Å². The first-order valence-corrected chi connectivity index (χ1v) is 8.13. The lowest BCUT2D eigenvalue weighted by atomic mass is 10.0. The van der Waals surface area contributed by atoms with Crippen molar-refractivity contribution >= 4 is 5.91 Å². The van der Waals surface area contributed by atoms with Gasteiger partial charge in [-0.25, -0.2) is 4.68 Å². The smallest absolute Gasteiger partial charge is 0.254 e. The van der Waals surface area contributed by atoms with Crippen LogP contribution in [0.15, 0.2) is 36.5 Å². The van der Waals surface area contributed by atoms with Gasteiger partial charge in [0.15, 0.2) is 0 Å². The van der Waals surface area contributed by atoms with Crippen LogP contribution in [0.25, 0.3) is 5.69 Å². The van der Waals surface area contributed by atoms with Crippen molar-refractivity contribution in [1.82, 2.24) is 15.1 Å². The minimum absolute atomic E-state index is 0.139. The molecule has 1 heterocycles. The fourth-order valence-electron chi connectivity index (χ4n) is 2.46. The molecule has 2 N–H and O–H groups in total. The Balaban J connectivity index is 2.08. The third-order valence-electron chi connectivity index (χ3n) is 3.94. The lowest BCUT2D eigenvalue weighted by Crippen LogP contribution is -2.29. The van der Waals surface area contributed by atoms with Crippen molar-refractivity contribution in [2.45, 2.75) is 39.7 Å². The predicted octanol–water partition coefficient (Wildman–Crippen LogP) is 2.57. The first-order chi connectivity index (χ1) is 11.0. The summed E-state index contributed by atoms with van der Waals surface area (Å²) >= 11 is 0. The number of aliphatic hydroxyl groups excluding tert-OH is 1. The van der Waals surface area contributed by atoms with Gasteiger partial charge in [-0.2, -0.15) is 5.10 Å². The summed E-state index contributed by atoms with van der Waals surface area (Å²) in [5.74, 6) is 0.0546. The molecule has 1 unspecified atom stereocenters. The molecule has 0 radical (unpaired) electrons. The van der Waals surface area contributed by atoms with Crippen molar-refractivity contribution in [3.8, 4) is 5.69 Å². The van der Waals surface area contributed by atoms with E-state index in [0.29, 0.717) is 24.9 Å². The van der Waals surface area contributed by atoms with Gasteiger partial charge < -0.3 is 10.4 Å². The molecule has 1 amide bonds. The van der Waals surface area contributed by atoms with Crippen molar-refractivity contribution < 1.29 is 9.90 Å². The molecular weight excluding hydrogens is 290 g/mol. The fraction of sp³-hybridized carbons (Fsp3) is 0.444. The molecule has 0 saturated heterocycles. The Morgan fingerprint density at radius 1 is 1.30 bits per heavy atom. The molecule has 0 aliphatic heterocycles. The summed E-state index contributed by atoms with van der Waals surface area (Å²) in [4.78, 5) is 12.4. The van der Waals surface area contributed by atoms with Crippen molar-refractivity contribution in [3.63, 3.8) is 0 Å². The molecule has 1 atom stereocenters. The molecule has 5 nitrogen and oxygen atoms in total. The van der Waals surface area contributed by atoms with E-state index in [1.807, 2.05) is 51.1 Å². The zero-order chi connectivity index (χ0) is 16.8. The maximum absolute atomic E-state index is 12.4. The molecule has 124 valence electrons. The van der Waals surface area contributed by atoms with Gasteiger partial charge in [-0.3, -0.25) is 4.79 Å². The van der Waals surface area contributed by atoms with Crippen LogP contribution in [0.3, 0.4) is 0 Å². The second-order valence-electron chi connectivity index (χ2n) is 5.96. The number of hydrogen-bond donors (Lipinski definition) is 2. The highest BCUT2D eigenvalue weighted by atomic mass is 16.3. The molecule has 1 aromatic heterocycles. The number of nitrogens with zero attached hydrogens (tertiary/aromatic N) is 2. The number of rotatable bonds is 7. The second-order valence-corrected chi connectivity index (χ2v) is 5.96. The summed E-state index contributed by atoms with van der Waals surface area (Å²) in [6.07, 6.45) is 2.48. The SMILES string of the molecule is CCc1c(C(=O)NCCC(O)C(C)C)cnn1-c1ccccc1. The van der Waals surface area contributed by atoms with Crippen LogP contribution in [0.1, 0.15) is 43.2 Å². The summed E-state index contributed by atoms with van der Waals surface area (Å²) in [5.41, 5.74) is 2.42. The highest BCUT2D eigenvalue weighted by Crippen LogP contribution is 2.15. The molecule has 1 aromatic carbocycles. The number of amides is 1. The number of aromatic nitrogens is 2. The molecule has 5 heteroatoms. The average molecular weight is 315 g/mol. The lowest BCUT2D eigenvalue weighted by molar-refractivity contribution is 0.0919. The summed E-state index contributed by atoms with van der Waals surface area (Å²) in [7, 11) is 0. The van der Waals surface area contributed by atoms with E-state index in [4.69, 9.17) is 0 Å². The van der Waals surface area contributed by atoms with Gasteiger partial charge in [-0.15, -0.1) is 0 Å². The van der Waals surface area contributed by atoms with Crippen molar-refractivity contribution in [1.29, 1.82) is 0 Å². The van der Waals surface area contributed by atoms with Crippen LogP contribution < -0.4 is 5.32 Å². The molecule has 0 fully saturated rings. The maximum Gasteiger partial charge on any atom is 0.254 e. The molecule has 2 aromatic rings. The van der Waals surface area contributed by atoms with Crippen LogP contribution >= 0.6 is 0 Å². The van der Waals surface area contributed by atoms with Gasteiger partial charge in [0.05, 0.1) is 29.2 Å². The van der Waals surface area contributed by atoms with Gasteiger partial charge in [0.1, 0.15) is 0 Å². The third kappa shape index (κ3) is 4.20. The molecule has 2 rings (SSSR count).